The largest absolute Gasteiger partial charge is 0.488 e. The van der Waals surface area contributed by atoms with E-state index in [4.69, 9.17) is 4.74 Å². The quantitative estimate of drug-likeness (QED) is 0.842. The first-order valence-corrected chi connectivity index (χ1v) is 7.44. The van der Waals surface area contributed by atoms with Gasteiger partial charge in [0.25, 0.3) is 0 Å². The standard InChI is InChI=1S/C16H24FNO2/c1-12-6-8-13(9-7-12)18-10-14(19)11-20-16-5-3-2-4-15(16)17/h2-5,12-14,18-19H,6-11H2,1H3. The Morgan fingerprint density at radius 1 is 1.30 bits per heavy atom. The minimum atomic E-state index is -0.617. The molecule has 1 fully saturated rings. The predicted octanol–water partition coefficient (Wildman–Crippen LogP) is 2.73. The molecule has 1 saturated carbocycles. The molecule has 0 radical (unpaired) electrons. The Labute approximate surface area is 120 Å². The van der Waals surface area contributed by atoms with Crippen molar-refractivity contribution in [2.45, 2.75) is 44.8 Å². The molecule has 0 amide bonds. The Kier molecular flexibility index (Phi) is 5.80. The van der Waals surface area contributed by atoms with Crippen molar-refractivity contribution in [2.75, 3.05) is 13.2 Å². The number of aliphatic hydroxyl groups excluding tert-OH is 1. The van der Waals surface area contributed by atoms with Gasteiger partial charge in [0.1, 0.15) is 12.7 Å². The normalized spacial score (nSPS) is 24.4. The molecular weight excluding hydrogens is 257 g/mol. The molecular formula is C16H24FNO2. The second kappa shape index (κ2) is 7.60. The van der Waals surface area contributed by atoms with Crippen LogP contribution in [0.1, 0.15) is 32.6 Å². The highest BCUT2D eigenvalue weighted by Gasteiger charge is 2.18. The predicted molar refractivity (Wildman–Crippen MR) is 77.3 cm³/mol. The van der Waals surface area contributed by atoms with E-state index in [1.807, 2.05) is 0 Å². The minimum Gasteiger partial charge on any atom is -0.488 e. The van der Waals surface area contributed by atoms with Crippen LogP contribution in [-0.4, -0.2) is 30.4 Å². The van der Waals surface area contributed by atoms with E-state index in [-0.39, 0.29) is 12.4 Å². The first-order chi connectivity index (χ1) is 9.65. The van der Waals surface area contributed by atoms with E-state index >= 15 is 0 Å². The third-order valence-corrected chi connectivity index (χ3v) is 3.93. The number of ether oxygens (including phenoxy) is 1. The maximum Gasteiger partial charge on any atom is 0.165 e. The number of benzene rings is 1. The molecule has 3 nitrogen and oxygen atoms in total. The van der Waals surface area contributed by atoms with Crippen LogP contribution in [0.25, 0.3) is 0 Å². The number of rotatable bonds is 6. The molecule has 2 rings (SSSR count). The fourth-order valence-electron chi connectivity index (χ4n) is 2.57. The zero-order chi connectivity index (χ0) is 14.4. The zero-order valence-electron chi connectivity index (χ0n) is 12.0. The van der Waals surface area contributed by atoms with Crippen LogP contribution in [0.3, 0.4) is 0 Å². The summed E-state index contributed by atoms with van der Waals surface area (Å²) in [5, 5.41) is 13.2. The molecule has 2 N–H and O–H groups in total. The molecule has 0 spiro atoms. The van der Waals surface area contributed by atoms with Crippen LogP contribution in [0.2, 0.25) is 0 Å². The third-order valence-electron chi connectivity index (χ3n) is 3.93. The summed E-state index contributed by atoms with van der Waals surface area (Å²) in [6, 6.07) is 6.74. The van der Waals surface area contributed by atoms with Crippen molar-refractivity contribution in [2.24, 2.45) is 5.92 Å². The van der Waals surface area contributed by atoms with Gasteiger partial charge in [-0.1, -0.05) is 19.1 Å². The maximum absolute atomic E-state index is 13.3. The Balaban J connectivity index is 1.65. The number of hydrogen-bond donors (Lipinski definition) is 2. The molecule has 0 aliphatic heterocycles. The number of hydrogen-bond acceptors (Lipinski definition) is 3. The molecule has 1 aliphatic carbocycles. The van der Waals surface area contributed by atoms with Gasteiger partial charge in [0.05, 0.1) is 0 Å². The van der Waals surface area contributed by atoms with Crippen molar-refractivity contribution >= 4 is 0 Å². The molecule has 112 valence electrons. The maximum atomic E-state index is 13.3. The van der Waals surface area contributed by atoms with Gasteiger partial charge in [-0.3, -0.25) is 0 Å². The summed E-state index contributed by atoms with van der Waals surface area (Å²) in [4.78, 5) is 0. The van der Waals surface area contributed by atoms with Gasteiger partial charge in [0, 0.05) is 12.6 Å². The van der Waals surface area contributed by atoms with Gasteiger partial charge in [-0.05, 0) is 43.7 Å². The van der Waals surface area contributed by atoms with Crippen molar-refractivity contribution < 1.29 is 14.2 Å². The van der Waals surface area contributed by atoms with Crippen molar-refractivity contribution in [3.8, 4) is 5.75 Å². The fourth-order valence-corrected chi connectivity index (χ4v) is 2.57. The second-order valence-corrected chi connectivity index (χ2v) is 5.76. The molecule has 0 aromatic heterocycles. The van der Waals surface area contributed by atoms with Crippen LogP contribution in [0, 0.1) is 11.7 Å². The van der Waals surface area contributed by atoms with E-state index < -0.39 is 11.9 Å². The summed E-state index contributed by atoms with van der Waals surface area (Å²) >= 11 is 0. The van der Waals surface area contributed by atoms with Crippen LogP contribution in [0.4, 0.5) is 4.39 Å². The highest BCUT2D eigenvalue weighted by Crippen LogP contribution is 2.23. The SMILES string of the molecule is CC1CCC(NCC(O)COc2ccccc2F)CC1. The third kappa shape index (κ3) is 4.76. The Morgan fingerprint density at radius 2 is 2.00 bits per heavy atom. The van der Waals surface area contributed by atoms with E-state index in [1.54, 1.807) is 18.2 Å². The summed E-state index contributed by atoms with van der Waals surface area (Å²) in [6.45, 7) is 2.89. The Morgan fingerprint density at radius 3 is 2.70 bits per heavy atom. The lowest BCUT2D eigenvalue weighted by Crippen LogP contribution is -2.39. The first-order valence-electron chi connectivity index (χ1n) is 7.44. The summed E-state index contributed by atoms with van der Waals surface area (Å²) in [5.41, 5.74) is 0. The lowest BCUT2D eigenvalue weighted by atomic mass is 9.87. The highest BCUT2D eigenvalue weighted by molar-refractivity contribution is 5.23. The van der Waals surface area contributed by atoms with Gasteiger partial charge < -0.3 is 15.2 Å². The summed E-state index contributed by atoms with van der Waals surface area (Å²) in [5.74, 6) is 0.620. The number of nitrogens with one attached hydrogen (secondary N) is 1. The second-order valence-electron chi connectivity index (χ2n) is 5.76. The molecule has 1 aromatic rings. The van der Waals surface area contributed by atoms with Gasteiger partial charge in [-0.25, -0.2) is 4.39 Å². The first kappa shape index (κ1) is 15.3. The van der Waals surface area contributed by atoms with Gasteiger partial charge in [0.15, 0.2) is 11.6 Å². The van der Waals surface area contributed by atoms with Crippen molar-refractivity contribution in [1.29, 1.82) is 0 Å². The molecule has 1 unspecified atom stereocenters. The average molecular weight is 281 g/mol. The van der Waals surface area contributed by atoms with Gasteiger partial charge in [-0.15, -0.1) is 0 Å². The molecule has 20 heavy (non-hydrogen) atoms. The lowest BCUT2D eigenvalue weighted by molar-refractivity contribution is 0.0988. The van der Waals surface area contributed by atoms with E-state index in [0.717, 1.165) is 5.92 Å². The molecule has 0 saturated heterocycles. The van der Waals surface area contributed by atoms with E-state index in [0.29, 0.717) is 12.6 Å². The van der Waals surface area contributed by atoms with Crippen LogP contribution < -0.4 is 10.1 Å². The number of aliphatic hydroxyl groups is 1. The fraction of sp³-hybridized carbons (Fsp3) is 0.625. The van der Waals surface area contributed by atoms with Crippen LogP contribution in [0.15, 0.2) is 24.3 Å². The van der Waals surface area contributed by atoms with Crippen LogP contribution in [-0.2, 0) is 0 Å². The molecule has 1 atom stereocenters. The molecule has 0 heterocycles. The minimum absolute atomic E-state index is 0.108. The summed E-state index contributed by atoms with van der Waals surface area (Å²) < 4.78 is 18.6. The van der Waals surface area contributed by atoms with E-state index in [9.17, 15) is 9.50 Å². The van der Waals surface area contributed by atoms with Gasteiger partial charge in [-0.2, -0.15) is 0 Å². The van der Waals surface area contributed by atoms with Crippen LogP contribution >= 0.6 is 0 Å². The Bertz CT molecular complexity index is 405. The highest BCUT2D eigenvalue weighted by atomic mass is 19.1. The molecule has 4 heteroatoms. The smallest absolute Gasteiger partial charge is 0.165 e. The molecule has 0 bridgehead atoms. The van der Waals surface area contributed by atoms with Gasteiger partial charge in [0.2, 0.25) is 0 Å². The lowest BCUT2D eigenvalue weighted by Gasteiger charge is -2.27. The number of para-hydroxylation sites is 1. The summed E-state index contributed by atoms with van der Waals surface area (Å²) in [7, 11) is 0. The van der Waals surface area contributed by atoms with E-state index in [1.165, 1.54) is 31.7 Å². The molecule has 1 aromatic carbocycles. The van der Waals surface area contributed by atoms with Crippen molar-refractivity contribution in [1.82, 2.24) is 5.32 Å². The zero-order valence-corrected chi connectivity index (χ0v) is 12.0. The monoisotopic (exact) mass is 281 g/mol. The van der Waals surface area contributed by atoms with Crippen LogP contribution in [0.5, 0.6) is 5.75 Å². The van der Waals surface area contributed by atoms with Crippen molar-refractivity contribution in [3.63, 3.8) is 0 Å². The topological polar surface area (TPSA) is 41.5 Å². The summed E-state index contributed by atoms with van der Waals surface area (Å²) in [6.07, 6.45) is 4.22. The van der Waals surface area contributed by atoms with Crippen molar-refractivity contribution in [3.05, 3.63) is 30.1 Å². The Hall–Kier alpha value is -1.13. The van der Waals surface area contributed by atoms with Gasteiger partial charge >= 0.3 is 0 Å². The molecule has 1 aliphatic rings. The van der Waals surface area contributed by atoms with E-state index in [2.05, 4.69) is 12.2 Å². The average Bonchev–Trinajstić information content (AvgIpc) is 2.46. The number of halogens is 1.